The average Bonchev–Trinajstić information content (AvgIpc) is 2.42. The molecule has 0 bridgehead atoms. The van der Waals surface area contributed by atoms with Gasteiger partial charge in [0.05, 0.1) is 5.92 Å². The van der Waals surface area contributed by atoms with E-state index < -0.39 is 5.97 Å². The maximum absolute atomic E-state index is 9.97. The van der Waals surface area contributed by atoms with Crippen molar-refractivity contribution in [3.8, 4) is 0 Å². The zero-order valence-corrected chi connectivity index (χ0v) is 4.20. The van der Waals surface area contributed by atoms with E-state index >= 15 is 0 Å². The molecule has 1 N–H and O–H groups in total. The SMILES string of the molecule is O=CC1C[C@@H]1C(=O)O. The van der Waals surface area contributed by atoms with Crippen LogP contribution in [-0.2, 0) is 9.59 Å². The third-order valence-corrected chi connectivity index (χ3v) is 1.33. The first-order chi connectivity index (χ1) is 3.75. The van der Waals surface area contributed by atoms with Gasteiger partial charge in [0.25, 0.3) is 0 Å². The Morgan fingerprint density at radius 1 is 1.75 bits per heavy atom. The van der Waals surface area contributed by atoms with E-state index in [1.807, 2.05) is 0 Å². The summed E-state index contributed by atoms with van der Waals surface area (Å²) in [6.45, 7) is 0. The van der Waals surface area contributed by atoms with Gasteiger partial charge in [-0.05, 0) is 6.42 Å². The Labute approximate surface area is 46.3 Å². The van der Waals surface area contributed by atoms with Crippen LogP contribution in [0.1, 0.15) is 6.42 Å². The van der Waals surface area contributed by atoms with Gasteiger partial charge in [0, 0.05) is 5.92 Å². The lowest BCUT2D eigenvalue weighted by atomic mass is 10.3. The molecule has 1 fully saturated rings. The molecule has 0 aromatic heterocycles. The van der Waals surface area contributed by atoms with Crippen LogP contribution in [-0.4, -0.2) is 17.4 Å². The zero-order valence-electron chi connectivity index (χ0n) is 4.20. The largest absolute Gasteiger partial charge is 0.481 e. The van der Waals surface area contributed by atoms with Crippen LogP contribution in [0.3, 0.4) is 0 Å². The predicted octanol–water partition coefficient (Wildman–Crippen LogP) is -0.0940. The van der Waals surface area contributed by atoms with E-state index in [2.05, 4.69) is 0 Å². The Balaban J connectivity index is 2.36. The van der Waals surface area contributed by atoms with Gasteiger partial charge in [0.1, 0.15) is 6.29 Å². The normalized spacial score (nSPS) is 34.0. The molecule has 0 aliphatic heterocycles. The van der Waals surface area contributed by atoms with E-state index in [1.54, 1.807) is 0 Å². The van der Waals surface area contributed by atoms with E-state index in [0.29, 0.717) is 12.7 Å². The number of carbonyl (C=O) groups excluding carboxylic acids is 1. The summed E-state index contributed by atoms with van der Waals surface area (Å²) in [7, 11) is 0. The van der Waals surface area contributed by atoms with Crippen LogP contribution in [0.2, 0.25) is 0 Å². The molecule has 0 heterocycles. The van der Waals surface area contributed by atoms with Crippen molar-refractivity contribution in [3.05, 3.63) is 0 Å². The summed E-state index contributed by atoms with van der Waals surface area (Å²) in [5.74, 6) is -1.40. The number of hydrogen-bond donors (Lipinski definition) is 1. The number of aliphatic carboxylic acids is 1. The molecule has 1 rings (SSSR count). The van der Waals surface area contributed by atoms with E-state index in [-0.39, 0.29) is 11.8 Å². The van der Waals surface area contributed by atoms with Gasteiger partial charge in [0.2, 0.25) is 0 Å². The highest BCUT2D eigenvalue weighted by Crippen LogP contribution is 2.36. The number of carbonyl (C=O) groups is 2. The maximum atomic E-state index is 9.97. The van der Waals surface area contributed by atoms with Crippen molar-refractivity contribution in [3.63, 3.8) is 0 Å². The Bertz CT molecular complexity index is 130. The zero-order chi connectivity index (χ0) is 6.15. The van der Waals surface area contributed by atoms with Gasteiger partial charge in [-0.3, -0.25) is 4.79 Å². The van der Waals surface area contributed by atoms with Gasteiger partial charge < -0.3 is 9.90 Å². The van der Waals surface area contributed by atoms with E-state index in [9.17, 15) is 9.59 Å². The molecule has 1 aliphatic carbocycles. The van der Waals surface area contributed by atoms with Crippen LogP contribution >= 0.6 is 0 Å². The fourth-order valence-corrected chi connectivity index (χ4v) is 0.649. The molecule has 1 unspecified atom stereocenters. The molecule has 0 radical (unpaired) electrons. The van der Waals surface area contributed by atoms with Crippen molar-refractivity contribution >= 4 is 12.3 Å². The highest BCUT2D eigenvalue weighted by Gasteiger charge is 2.42. The first-order valence-corrected chi connectivity index (χ1v) is 2.44. The Hall–Kier alpha value is -0.860. The van der Waals surface area contributed by atoms with Gasteiger partial charge in [-0.1, -0.05) is 0 Å². The van der Waals surface area contributed by atoms with Crippen molar-refractivity contribution in [2.45, 2.75) is 6.42 Å². The summed E-state index contributed by atoms with van der Waals surface area (Å²) in [5, 5.41) is 8.20. The van der Waals surface area contributed by atoms with E-state index in [0.717, 1.165) is 0 Å². The number of hydrogen-bond acceptors (Lipinski definition) is 2. The molecule has 0 saturated heterocycles. The fourth-order valence-electron chi connectivity index (χ4n) is 0.649. The fraction of sp³-hybridized carbons (Fsp3) is 0.600. The third-order valence-electron chi connectivity index (χ3n) is 1.33. The quantitative estimate of drug-likeness (QED) is 0.510. The standard InChI is InChI=1S/C5H6O3/c6-2-3-1-4(3)5(7)8/h2-4H,1H2,(H,7,8)/t3?,4-/m0/s1. The molecular formula is C5H6O3. The Kier molecular flexibility index (Phi) is 1.04. The summed E-state index contributed by atoms with van der Waals surface area (Å²) >= 11 is 0. The van der Waals surface area contributed by atoms with Crippen LogP contribution in [0.5, 0.6) is 0 Å². The van der Waals surface area contributed by atoms with Crippen molar-refractivity contribution < 1.29 is 14.7 Å². The summed E-state index contributed by atoms with van der Waals surface area (Å²) in [6.07, 6.45) is 1.25. The maximum Gasteiger partial charge on any atom is 0.307 e. The minimum Gasteiger partial charge on any atom is -0.481 e. The summed E-state index contributed by atoms with van der Waals surface area (Å²) in [4.78, 5) is 19.8. The van der Waals surface area contributed by atoms with Gasteiger partial charge in [-0.2, -0.15) is 0 Å². The first-order valence-electron chi connectivity index (χ1n) is 2.44. The van der Waals surface area contributed by atoms with Gasteiger partial charge in [-0.25, -0.2) is 0 Å². The number of carboxylic acids is 1. The molecule has 0 aromatic carbocycles. The molecule has 1 aliphatic rings. The summed E-state index contributed by atoms with van der Waals surface area (Å²) in [5.41, 5.74) is 0. The molecule has 8 heavy (non-hydrogen) atoms. The lowest BCUT2D eigenvalue weighted by Crippen LogP contribution is -1.99. The molecule has 1 saturated carbocycles. The van der Waals surface area contributed by atoms with Crippen molar-refractivity contribution in [1.82, 2.24) is 0 Å². The number of rotatable bonds is 2. The van der Waals surface area contributed by atoms with Crippen LogP contribution in [0, 0.1) is 11.8 Å². The van der Waals surface area contributed by atoms with E-state index in [4.69, 9.17) is 5.11 Å². The summed E-state index contributed by atoms with van der Waals surface area (Å²) < 4.78 is 0. The minimum absolute atomic E-state index is 0.188. The number of carboxylic acid groups (broad SMARTS) is 1. The average molecular weight is 114 g/mol. The second-order valence-corrected chi connectivity index (χ2v) is 1.98. The lowest BCUT2D eigenvalue weighted by Gasteiger charge is -1.79. The van der Waals surface area contributed by atoms with Gasteiger partial charge in [-0.15, -0.1) is 0 Å². The van der Waals surface area contributed by atoms with Gasteiger partial charge >= 0.3 is 5.97 Å². The van der Waals surface area contributed by atoms with Crippen molar-refractivity contribution in [1.29, 1.82) is 0 Å². The van der Waals surface area contributed by atoms with Crippen LogP contribution in [0.25, 0.3) is 0 Å². The molecule has 44 valence electrons. The van der Waals surface area contributed by atoms with Crippen LogP contribution < -0.4 is 0 Å². The third kappa shape index (κ3) is 0.710. The Morgan fingerprint density at radius 2 is 2.38 bits per heavy atom. The van der Waals surface area contributed by atoms with Gasteiger partial charge in [0.15, 0.2) is 0 Å². The molecule has 2 atom stereocenters. The molecular weight excluding hydrogens is 108 g/mol. The number of aldehydes is 1. The monoisotopic (exact) mass is 114 g/mol. The molecule has 0 spiro atoms. The predicted molar refractivity (Wildman–Crippen MR) is 25.3 cm³/mol. The minimum atomic E-state index is -0.845. The smallest absolute Gasteiger partial charge is 0.307 e. The molecule has 0 aromatic rings. The lowest BCUT2D eigenvalue weighted by molar-refractivity contribution is -0.139. The Morgan fingerprint density at radius 3 is 2.50 bits per heavy atom. The highest BCUT2D eigenvalue weighted by molar-refractivity contribution is 5.80. The second-order valence-electron chi connectivity index (χ2n) is 1.98. The van der Waals surface area contributed by atoms with Crippen molar-refractivity contribution in [2.24, 2.45) is 11.8 Å². The molecule has 0 amide bonds. The van der Waals surface area contributed by atoms with E-state index in [1.165, 1.54) is 0 Å². The molecule has 3 heteroatoms. The van der Waals surface area contributed by atoms with Crippen LogP contribution in [0.4, 0.5) is 0 Å². The topological polar surface area (TPSA) is 54.4 Å². The highest BCUT2D eigenvalue weighted by atomic mass is 16.4. The first kappa shape index (κ1) is 5.28. The molecule has 3 nitrogen and oxygen atoms in total. The summed E-state index contributed by atoms with van der Waals surface area (Å²) in [6, 6.07) is 0. The van der Waals surface area contributed by atoms with Crippen molar-refractivity contribution in [2.75, 3.05) is 0 Å². The van der Waals surface area contributed by atoms with Crippen LogP contribution in [0.15, 0.2) is 0 Å². The second kappa shape index (κ2) is 1.58.